The predicted molar refractivity (Wildman–Crippen MR) is 110 cm³/mol. The van der Waals surface area contributed by atoms with Crippen LogP contribution in [0.15, 0.2) is 4.34 Å². The standard InChI is InChI=1S/C17H22N4O3S3/c1-9(25-17-21-20-16(18)27-17)13(22)19-14-12(15(23)24-2)10-7-5-3-4-6-8-11(10)26-14/h9H,3-8H2,1-2H3,(H2,18,20)(H,19,22). The summed E-state index contributed by atoms with van der Waals surface area (Å²) < 4.78 is 5.64. The summed E-state index contributed by atoms with van der Waals surface area (Å²) >= 11 is 4.04. The molecular weight excluding hydrogens is 404 g/mol. The molecule has 0 aliphatic heterocycles. The number of carbonyl (C=O) groups is 2. The van der Waals surface area contributed by atoms with Gasteiger partial charge in [-0.2, -0.15) is 0 Å². The number of thiophene rings is 1. The number of carbonyl (C=O) groups excluding carboxylic acids is 2. The third kappa shape index (κ3) is 4.80. The molecule has 146 valence electrons. The molecule has 1 unspecified atom stereocenters. The molecule has 27 heavy (non-hydrogen) atoms. The van der Waals surface area contributed by atoms with Crippen molar-refractivity contribution in [3.63, 3.8) is 0 Å². The lowest BCUT2D eigenvalue weighted by Gasteiger charge is -2.12. The summed E-state index contributed by atoms with van der Waals surface area (Å²) in [5, 5.41) is 11.2. The maximum Gasteiger partial charge on any atom is 0.341 e. The van der Waals surface area contributed by atoms with Crippen molar-refractivity contribution in [2.24, 2.45) is 0 Å². The summed E-state index contributed by atoms with van der Waals surface area (Å²) in [4.78, 5) is 26.3. The first-order valence-electron chi connectivity index (χ1n) is 8.79. The van der Waals surface area contributed by atoms with Crippen molar-refractivity contribution in [3.05, 3.63) is 16.0 Å². The average molecular weight is 427 g/mol. The number of ether oxygens (including phenoxy) is 1. The smallest absolute Gasteiger partial charge is 0.341 e. The van der Waals surface area contributed by atoms with E-state index in [0.717, 1.165) is 37.7 Å². The van der Waals surface area contributed by atoms with Gasteiger partial charge in [0, 0.05) is 4.88 Å². The van der Waals surface area contributed by atoms with Crippen molar-refractivity contribution in [2.75, 3.05) is 18.2 Å². The molecule has 1 aliphatic carbocycles. The third-order valence-electron chi connectivity index (χ3n) is 4.37. The van der Waals surface area contributed by atoms with E-state index < -0.39 is 5.25 Å². The van der Waals surface area contributed by atoms with Gasteiger partial charge < -0.3 is 15.8 Å². The van der Waals surface area contributed by atoms with Gasteiger partial charge >= 0.3 is 5.97 Å². The molecule has 2 aromatic rings. The first-order valence-corrected chi connectivity index (χ1v) is 11.3. The quantitative estimate of drug-likeness (QED) is 0.554. The molecule has 3 rings (SSSR count). The molecule has 0 saturated heterocycles. The van der Waals surface area contributed by atoms with E-state index in [1.165, 1.54) is 52.8 Å². The molecule has 2 aromatic heterocycles. The number of nitrogens with one attached hydrogen (secondary N) is 1. The Kier molecular flexibility index (Phi) is 6.72. The fourth-order valence-corrected chi connectivity index (χ4v) is 6.07. The minimum absolute atomic E-state index is 0.187. The van der Waals surface area contributed by atoms with Gasteiger partial charge in [-0.05, 0) is 38.2 Å². The lowest BCUT2D eigenvalue weighted by atomic mass is 9.96. The van der Waals surface area contributed by atoms with E-state index in [1.807, 2.05) is 0 Å². The van der Waals surface area contributed by atoms with E-state index >= 15 is 0 Å². The average Bonchev–Trinajstić information content (AvgIpc) is 3.17. The van der Waals surface area contributed by atoms with Crippen LogP contribution < -0.4 is 11.1 Å². The molecule has 1 aliphatic rings. The summed E-state index contributed by atoms with van der Waals surface area (Å²) in [5.74, 6) is -0.575. The highest BCUT2D eigenvalue weighted by Crippen LogP contribution is 2.38. The number of anilines is 2. The van der Waals surface area contributed by atoms with Crippen molar-refractivity contribution in [1.82, 2.24) is 10.2 Å². The lowest BCUT2D eigenvalue weighted by Crippen LogP contribution is -2.23. The highest BCUT2D eigenvalue weighted by molar-refractivity contribution is 8.02. The number of fused-ring (bicyclic) bond motifs is 1. The zero-order valence-electron chi connectivity index (χ0n) is 15.2. The minimum Gasteiger partial charge on any atom is -0.465 e. The topological polar surface area (TPSA) is 107 Å². The predicted octanol–water partition coefficient (Wildman–Crippen LogP) is 3.75. The Morgan fingerprint density at radius 3 is 2.59 bits per heavy atom. The molecular formula is C17H22N4O3S3. The second-order valence-electron chi connectivity index (χ2n) is 6.27. The van der Waals surface area contributed by atoms with Gasteiger partial charge in [-0.25, -0.2) is 4.79 Å². The van der Waals surface area contributed by atoms with E-state index in [-0.39, 0.29) is 11.9 Å². The Morgan fingerprint density at radius 1 is 1.19 bits per heavy atom. The molecule has 1 amide bonds. The molecule has 3 N–H and O–H groups in total. The van der Waals surface area contributed by atoms with Gasteiger partial charge in [0.15, 0.2) is 4.34 Å². The van der Waals surface area contributed by atoms with Crippen LogP contribution in [0.5, 0.6) is 0 Å². The lowest BCUT2D eigenvalue weighted by molar-refractivity contribution is -0.115. The second kappa shape index (κ2) is 9.03. The van der Waals surface area contributed by atoms with Crippen LogP contribution in [0.25, 0.3) is 0 Å². The molecule has 2 heterocycles. The zero-order chi connectivity index (χ0) is 19.4. The molecule has 0 fully saturated rings. The minimum atomic E-state index is -0.396. The van der Waals surface area contributed by atoms with Crippen LogP contribution >= 0.6 is 34.4 Å². The van der Waals surface area contributed by atoms with Crippen LogP contribution in [-0.2, 0) is 22.4 Å². The number of nitrogens with two attached hydrogens (primary N) is 1. The van der Waals surface area contributed by atoms with Crippen LogP contribution in [-0.4, -0.2) is 34.4 Å². The number of amides is 1. The number of nitrogens with zero attached hydrogens (tertiary/aromatic N) is 2. The van der Waals surface area contributed by atoms with Gasteiger partial charge in [-0.15, -0.1) is 21.5 Å². The van der Waals surface area contributed by atoms with Crippen LogP contribution in [0.1, 0.15) is 53.4 Å². The Balaban J connectivity index is 1.81. The van der Waals surface area contributed by atoms with E-state index in [9.17, 15) is 9.59 Å². The first-order chi connectivity index (χ1) is 13.0. The molecule has 10 heteroatoms. The monoisotopic (exact) mass is 426 g/mol. The third-order valence-corrected chi connectivity index (χ3v) is 7.51. The maximum atomic E-state index is 12.7. The highest BCUT2D eigenvalue weighted by atomic mass is 32.2. The largest absolute Gasteiger partial charge is 0.465 e. The molecule has 7 nitrogen and oxygen atoms in total. The number of aromatic nitrogens is 2. The molecule has 1 atom stereocenters. The maximum absolute atomic E-state index is 12.7. The van der Waals surface area contributed by atoms with Crippen LogP contribution in [0, 0.1) is 0 Å². The van der Waals surface area contributed by atoms with Crippen LogP contribution in [0.4, 0.5) is 10.1 Å². The normalized spacial score (nSPS) is 15.3. The summed E-state index contributed by atoms with van der Waals surface area (Å²) in [6.45, 7) is 1.79. The second-order valence-corrected chi connectivity index (χ2v) is 9.97. The van der Waals surface area contributed by atoms with Crippen molar-refractivity contribution >= 4 is 56.4 Å². The summed E-state index contributed by atoms with van der Waals surface area (Å²) in [5.41, 5.74) is 7.14. The fourth-order valence-electron chi connectivity index (χ4n) is 3.01. The SMILES string of the molecule is COC(=O)c1c(NC(=O)C(C)Sc2nnc(N)s2)sc2c1CCCCCC2. The Bertz CT molecular complexity index is 834. The van der Waals surface area contributed by atoms with Gasteiger partial charge in [0.05, 0.1) is 17.9 Å². The molecule has 0 bridgehead atoms. The summed E-state index contributed by atoms with van der Waals surface area (Å²) in [7, 11) is 1.37. The summed E-state index contributed by atoms with van der Waals surface area (Å²) in [6.07, 6.45) is 6.30. The Hall–Kier alpha value is -1.65. The van der Waals surface area contributed by atoms with Crippen LogP contribution in [0.2, 0.25) is 0 Å². The molecule has 0 radical (unpaired) electrons. The Labute approximate surface area is 170 Å². The first kappa shape index (κ1) is 20.1. The van der Waals surface area contributed by atoms with E-state index in [0.29, 0.717) is 20.0 Å². The Morgan fingerprint density at radius 2 is 1.93 bits per heavy atom. The highest BCUT2D eigenvalue weighted by Gasteiger charge is 2.27. The van der Waals surface area contributed by atoms with Gasteiger partial charge in [0.2, 0.25) is 11.0 Å². The summed E-state index contributed by atoms with van der Waals surface area (Å²) in [6, 6.07) is 0. The van der Waals surface area contributed by atoms with Crippen molar-refractivity contribution in [1.29, 1.82) is 0 Å². The molecule has 0 spiro atoms. The number of aryl methyl sites for hydroxylation is 1. The van der Waals surface area contributed by atoms with Crippen molar-refractivity contribution < 1.29 is 14.3 Å². The van der Waals surface area contributed by atoms with Gasteiger partial charge in [-0.3, -0.25) is 4.79 Å². The number of esters is 1. The number of hydrogen-bond donors (Lipinski definition) is 2. The number of nitrogen functional groups attached to an aromatic ring is 1. The van der Waals surface area contributed by atoms with Crippen molar-refractivity contribution in [2.45, 2.75) is 55.0 Å². The zero-order valence-corrected chi connectivity index (χ0v) is 17.7. The van der Waals surface area contributed by atoms with Gasteiger partial charge in [0.25, 0.3) is 0 Å². The van der Waals surface area contributed by atoms with Crippen LogP contribution in [0.3, 0.4) is 0 Å². The van der Waals surface area contributed by atoms with E-state index in [2.05, 4.69) is 15.5 Å². The molecule has 0 saturated carbocycles. The van der Waals surface area contributed by atoms with E-state index in [4.69, 9.17) is 10.5 Å². The fraction of sp³-hybridized carbons (Fsp3) is 0.529. The molecule has 0 aromatic carbocycles. The number of methoxy groups -OCH3 is 1. The van der Waals surface area contributed by atoms with Gasteiger partial charge in [-0.1, -0.05) is 35.9 Å². The number of rotatable bonds is 5. The number of thioether (sulfide) groups is 1. The van der Waals surface area contributed by atoms with E-state index in [1.54, 1.807) is 6.92 Å². The number of hydrogen-bond acceptors (Lipinski definition) is 9. The van der Waals surface area contributed by atoms with Crippen molar-refractivity contribution in [3.8, 4) is 0 Å². The van der Waals surface area contributed by atoms with Gasteiger partial charge in [0.1, 0.15) is 5.00 Å².